The molecule has 2 aromatic rings. The Bertz CT molecular complexity index is 754. The number of rotatable bonds is 4. The average molecular weight is 364 g/mol. The lowest BCUT2D eigenvalue weighted by atomic mass is 9.88. The minimum atomic E-state index is -0.380. The van der Waals surface area contributed by atoms with Crippen LogP contribution in [-0.4, -0.2) is 48.7 Å². The van der Waals surface area contributed by atoms with Gasteiger partial charge in [-0.25, -0.2) is 0 Å². The number of nitrogens with zero attached hydrogens (tertiary/aromatic N) is 2. The van der Waals surface area contributed by atoms with Gasteiger partial charge in [-0.15, -0.1) is 0 Å². The molecule has 2 aromatic carbocycles. The first-order valence-electron chi connectivity index (χ1n) is 9.96. The van der Waals surface area contributed by atoms with Crippen molar-refractivity contribution in [2.24, 2.45) is 0 Å². The van der Waals surface area contributed by atoms with Crippen LogP contribution in [0.4, 0.5) is 5.69 Å². The van der Waals surface area contributed by atoms with Crippen LogP contribution >= 0.6 is 0 Å². The maximum atomic E-state index is 12.7. The van der Waals surface area contributed by atoms with Gasteiger partial charge in [0.15, 0.2) is 0 Å². The molecule has 0 aliphatic carbocycles. The molecule has 142 valence electrons. The third-order valence-corrected chi connectivity index (χ3v) is 5.88. The monoisotopic (exact) mass is 364 g/mol. The van der Waals surface area contributed by atoms with E-state index in [1.54, 1.807) is 0 Å². The van der Waals surface area contributed by atoms with Gasteiger partial charge in [0.1, 0.15) is 6.10 Å². The average Bonchev–Trinajstić information content (AvgIpc) is 2.72. The molecule has 1 spiro atoms. The van der Waals surface area contributed by atoms with Gasteiger partial charge in [0, 0.05) is 25.3 Å². The Labute approximate surface area is 161 Å². The molecule has 2 fully saturated rings. The zero-order valence-electron chi connectivity index (χ0n) is 16.0. The fourth-order valence-corrected chi connectivity index (χ4v) is 4.27. The van der Waals surface area contributed by atoms with E-state index in [4.69, 9.17) is 4.74 Å². The summed E-state index contributed by atoms with van der Waals surface area (Å²) in [4.78, 5) is 17.1. The number of hydrogen-bond donors (Lipinski definition) is 0. The van der Waals surface area contributed by atoms with Crippen LogP contribution in [0.3, 0.4) is 0 Å². The summed E-state index contributed by atoms with van der Waals surface area (Å²) < 4.78 is 6.27. The molecular weight excluding hydrogens is 336 g/mol. The first-order chi connectivity index (χ1) is 13.2. The minimum Gasteiger partial charge on any atom is -0.360 e. The van der Waals surface area contributed by atoms with Crippen molar-refractivity contribution in [2.75, 3.05) is 31.1 Å². The molecule has 27 heavy (non-hydrogen) atoms. The highest BCUT2D eigenvalue weighted by Crippen LogP contribution is 2.35. The number of morpholine rings is 1. The van der Waals surface area contributed by atoms with Gasteiger partial charge in [-0.1, -0.05) is 48.5 Å². The second kappa shape index (κ2) is 7.83. The third kappa shape index (κ3) is 4.07. The van der Waals surface area contributed by atoms with Crippen molar-refractivity contribution < 1.29 is 9.53 Å². The lowest BCUT2D eigenvalue weighted by molar-refractivity contribution is -0.161. The summed E-state index contributed by atoms with van der Waals surface area (Å²) in [6, 6.07) is 20.6. The molecule has 4 rings (SSSR count). The first kappa shape index (κ1) is 18.2. The first-order valence-corrected chi connectivity index (χ1v) is 9.96. The highest BCUT2D eigenvalue weighted by molar-refractivity contribution is 5.97. The fraction of sp³-hybridized carbons (Fsp3) is 0.435. The Kier molecular flexibility index (Phi) is 5.28. The fourth-order valence-electron chi connectivity index (χ4n) is 4.27. The van der Waals surface area contributed by atoms with Crippen LogP contribution in [0.15, 0.2) is 60.7 Å². The molecule has 0 N–H and O–H groups in total. The number of ether oxygens (including phenoxy) is 1. The van der Waals surface area contributed by atoms with Crippen LogP contribution in [0, 0.1) is 0 Å². The van der Waals surface area contributed by atoms with Crippen LogP contribution in [0.5, 0.6) is 0 Å². The van der Waals surface area contributed by atoms with Crippen molar-refractivity contribution in [1.29, 1.82) is 0 Å². The van der Waals surface area contributed by atoms with Gasteiger partial charge in [0.05, 0.1) is 12.1 Å². The van der Waals surface area contributed by atoms with Crippen molar-refractivity contribution in [3.63, 3.8) is 0 Å². The molecule has 2 heterocycles. The van der Waals surface area contributed by atoms with E-state index in [-0.39, 0.29) is 17.6 Å². The van der Waals surface area contributed by atoms with Crippen molar-refractivity contribution in [1.82, 2.24) is 4.90 Å². The maximum absolute atomic E-state index is 12.7. The quantitative estimate of drug-likeness (QED) is 0.832. The highest BCUT2D eigenvalue weighted by atomic mass is 16.5. The van der Waals surface area contributed by atoms with E-state index in [2.05, 4.69) is 35.2 Å². The summed E-state index contributed by atoms with van der Waals surface area (Å²) in [5, 5.41) is 0. The SMILES string of the molecule is CC1OC2(CCN(CCc3ccccc3)CC2)CN(c2ccccc2)C1=O. The van der Waals surface area contributed by atoms with Crippen molar-refractivity contribution in [2.45, 2.75) is 37.9 Å². The lowest BCUT2D eigenvalue weighted by Gasteiger charge is -2.49. The topological polar surface area (TPSA) is 32.8 Å². The van der Waals surface area contributed by atoms with Gasteiger partial charge in [-0.3, -0.25) is 4.79 Å². The zero-order chi connectivity index (χ0) is 18.7. The molecular formula is C23H28N2O2. The van der Waals surface area contributed by atoms with E-state index in [0.29, 0.717) is 6.54 Å². The van der Waals surface area contributed by atoms with Crippen LogP contribution in [-0.2, 0) is 16.0 Å². The molecule has 2 saturated heterocycles. The summed E-state index contributed by atoms with van der Waals surface area (Å²) in [6.07, 6.45) is 2.65. The molecule has 4 heteroatoms. The minimum absolute atomic E-state index is 0.0679. The number of anilines is 1. The Morgan fingerprint density at radius 1 is 1.00 bits per heavy atom. The van der Waals surface area contributed by atoms with E-state index in [0.717, 1.165) is 44.6 Å². The van der Waals surface area contributed by atoms with E-state index >= 15 is 0 Å². The van der Waals surface area contributed by atoms with E-state index < -0.39 is 0 Å². The Morgan fingerprint density at radius 3 is 2.30 bits per heavy atom. The second-order valence-electron chi connectivity index (χ2n) is 7.78. The molecule has 2 aliphatic heterocycles. The number of amides is 1. The molecule has 0 aromatic heterocycles. The number of likely N-dealkylation sites (tertiary alicyclic amines) is 1. The highest BCUT2D eigenvalue weighted by Gasteiger charge is 2.45. The Morgan fingerprint density at radius 2 is 1.63 bits per heavy atom. The van der Waals surface area contributed by atoms with Crippen molar-refractivity contribution in [3.05, 3.63) is 66.2 Å². The van der Waals surface area contributed by atoms with Crippen LogP contribution in [0.25, 0.3) is 0 Å². The van der Waals surface area contributed by atoms with E-state index in [1.807, 2.05) is 42.2 Å². The lowest BCUT2D eigenvalue weighted by Crippen LogP contribution is -2.61. The van der Waals surface area contributed by atoms with E-state index in [1.165, 1.54) is 5.56 Å². The van der Waals surface area contributed by atoms with Gasteiger partial charge in [-0.05, 0) is 43.9 Å². The number of piperidine rings is 1. The zero-order valence-corrected chi connectivity index (χ0v) is 16.0. The van der Waals surface area contributed by atoms with Crippen LogP contribution in [0.1, 0.15) is 25.3 Å². The number of carbonyl (C=O) groups excluding carboxylic acids is 1. The van der Waals surface area contributed by atoms with Crippen molar-refractivity contribution in [3.8, 4) is 0 Å². The number of benzene rings is 2. The largest absolute Gasteiger partial charge is 0.360 e. The van der Waals surface area contributed by atoms with Gasteiger partial charge >= 0.3 is 0 Å². The van der Waals surface area contributed by atoms with E-state index in [9.17, 15) is 4.79 Å². The number of para-hydroxylation sites is 1. The molecule has 0 radical (unpaired) electrons. The van der Waals surface area contributed by atoms with Crippen LogP contribution < -0.4 is 4.90 Å². The summed E-state index contributed by atoms with van der Waals surface area (Å²) in [5.41, 5.74) is 2.15. The molecule has 1 amide bonds. The molecule has 0 bridgehead atoms. The van der Waals surface area contributed by atoms with Gasteiger partial charge in [0.25, 0.3) is 5.91 Å². The van der Waals surface area contributed by atoms with Gasteiger partial charge in [0.2, 0.25) is 0 Å². The molecule has 0 saturated carbocycles. The normalized spacial score (nSPS) is 22.9. The summed E-state index contributed by atoms with van der Waals surface area (Å²) >= 11 is 0. The summed E-state index contributed by atoms with van der Waals surface area (Å²) in [5.74, 6) is 0.0679. The van der Waals surface area contributed by atoms with Crippen molar-refractivity contribution >= 4 is 11.6 Å². The summed E-state index contributed by atoms with van der Waals surface area (Å²) in [7, 11) is 0. The molecule has 4 nitrogen and oxygen atoms in total. The molecule has 1 atom stereocenters. The third-order valence-electron chi connectivity index (χ3n) is 5.88. The van der Waals surface area contributed by atoms with Gasteiger partial charge in [-0.2, -0.15) is 0 Å². The molecule has 2 aliphatic rings. The van der Waals surface area contributed by atoms with Gasteiger partial charge < -0.3 is 14.5 Å². The van der Waals surface area contributed by atoms with Crippen LogP contribution in [0.2, 0.25) is 0 Å². The predicted molar refractivity (Wildman–Crippen MR) is 108 cm³/mol. The Balaban J connectivity index is 1.38. The standard InChI is InChI=1S/C23H28N2O2/c1-19-22(26)25(21-10-6-3-7-11-21)18-23(27-19)13-16-24(17-14-23)15-12-20-8-4-2-5-9-20/h2-11,19H,12-18H2,1H3. The number of hydrogen-bond acceptors (Lipinski definition) is 3. The second-order valence-corrected chi connectivity index (χ2v) is 7.78. The smallest absolute Gasteiger partial charge is 0.255 e. The molecule has 1 unspecified atom stereocenters. The Hall–Kier alpha value is -2.17. The maximum Gasteiger partial charge on any atom is 0.255 e. The number of carbonyl (C=O) groups is 1. The summed E-state index contributed by atoms with van der Waals surface area (Å²) in [6.45, 7) is 5.68. The predicted octanol–water partition coefficient (Wildman–Crippen LogP) is 3.52.